The fourth-order valence-corrected chi connectivity index (χ4v) is 1.85. The van der Waals surface area contributed by atoms with E-state index in [0.717, 1.165) is 16.7 Å². The van der Waals surface area contributed by atoms with E-state index in [9.17, 15) is 0 Å². The average Bonchev–Trinajstić information content (AvgIpc) is 2.50. The Morgan fingerprint density at radius 3 is 2.73 bits per heavy atom. The number of hydrogen-bond donors (Lipinski definition) is 0. The molecule has 0 aliphatic rings. The molecular weight excluding hydrogens is 254 g/mol. The number of nitrogens with zero attached hydrogens (tertiary/aromatic N) is 3. The summed E-state index contributed by atoms with van der Waals surface area (Å²) in [6.45, 7) is 4.91. The third kappa shape index (κ3) is 2.26. The number of pyridine rings is 1. The predicted molar refractivity (Wildman–Crippen MR) is 62.7 cm³/mol. The van der Waals surface area contributed by atoms with Crippen LogP contribution in [0.1, 0.15) is 17.0 Å². The number of aromatic nitrogens is 3. The van der Waals surface area contributed by atoms with Gasteiger partial charge in [-0.25, -0.2) is 4.98 Å². The van der Waals surface area contributed by atoms with Crippen molar-refractivity contribution in [1.29, 1.82) is 0 Å². The first-order valence-corrected chi connectivity index (χ1v) is 5.54. The van der Waals surface area contributed by atoms with Gasteiger partial charge < -0.3 is 4.57 Å². The Hall–Kier alpha value is -1.16. The molecule has 2 aromatic rings. The van der Waals surface area contributed by atoms with E-state index in [4.69, 9.17) is 0 Å². The second kappa shape index (κ2) is 4.14. The van der Waals surface area contributed by atoms with Crippen LogP contribution in [0.15, 0.2) is 29.3 Å². The summed E-state index contributed by atoms with van der Waals surface area (Å²) in [5, 5.41) is 0. The molecule has 0 N–H and O–H groups in total. The van der Waals surface area contributed by atoms with Crippen LogP contribution in [0, 0.1) is 13.8 Å². The summed E-state index contributed by atoms with van der Waals surface area (Å²) in [6.07, 6.45) is 5.53. The van der Waals surface area contributed by atoms with E-state index >= 15 is 0 Å². The van der Waals surface area contributed by atoms with Gasteiger partial charge in [-0.05, 0) is 41.4 Å². The summed E-state index contributed by atoms with van der Waals surface area (Å²) in [6, 6.07) is 2.07. The maximum absolute atomic E-state index is 4.27. The number of rotatable bonds is 2. The molecule has 0 fully saturated rings. The lowest BCUT2D eigenvalue weighted by Crippen LogP contribution is -2.01. The first kappa shape index (κ1) is 10.4. The Kier molecular flexibility index (Phi) is 2.86. The first-order chi connectivity index (χ1) is 7.16. The molecule has 2 aromatic heterocycles. The molecule has 4 heteroatoms. The lowest BCUT2D eigenvalue weighted by atomic mass is 10.3. The Labute approximate surface area is 97.3 Å². The zero-order valence-electron chi connectivity index (χ0n) is 8.74. The second-order valence-electron chi connectivity index (χ2n) is 3.55. The predicted octanol–water partition coefficient (Wildman–Crippen LogP) is 2.71. The van der Waals surface area contributed by atoms with Crippen molar-refractivity contribution in [3.05, 3.63) is 46.2 Å². The van der Waals surface area contributed by atoms with Crippen LogP contribution >= 0.6 is 15.9 Å². The molecule has 15 heavy (non-hydrogen) atoms. The summed E-state index contributed by atoms with van der Waals surface area (Å²) in [5.74, 6) is 0. The molecule has 0 radical (unpaired) electrons. The minimum absolute atomic E-state index is 0.819. The van der Waals surface area contributed by atoms with Crippen molar-refractivity contribution in [3.63, 3.8) is 0 Å². The van der Waals surface area contributed by atoms with Crippen LogP contribution in [-0.4, -0.2) is 14.5 Å². The number of halogens is 1. The minimum atomic E-state index is 0.819. The summed E-state index contributed by atoms with van der Waals surface area (Å²) in [4.78, 5) is 8.40. The van der Waals surface area contributed by atoms with Crippen molar-refractivity contribution in [3.8, 4) is 0 Å². The van der Waals surface area contributed by atoms with Crippen LogP contribution in [0.3, 0.4) is 0 Å². The molecule has 0 saturated heterocycles. The van der Waals surface area contributed by atoms with E-state index in [1.807, 2.05) is 19.4 Å². The van der Waals surface area contributed by atoms with Gasteiger partial charge >= 0.3 is 0 Å². The fraction of sp³-hybridized carbons (Fsp3) is 0.273. The molecule has 0 bridgehead atoms. The van der Waals surface area contributed by atoms with E-state index in [0.29, 0.717) is 0 Å². The molecule has 0 saturated carbocycles. The highest BCUT2D eigenvalue weighted by atomic mass is 79.9. The van der Waals surface area contributed by atoms with Crippen molar-refractivity contribution in [2.45, 2.75) is 20.4 Å². The van der Waals surface area contributed by atoms with Crippen LogP contribution in [0.2, 0.25) is 0 Å². The van der Waals surface area contributed by atoms with E-state index in [1.54, 1.807) is 6.20 Å². The van der Waals surface area contributed by atoms with Crippen LogP contribution in [0.4, 0.5) is 0 Å². The lowest BCUT2D eigenvalue weighted by Gasteiger charge is -2.05. The lowest BCUT2D eigenvalue weighted by molar-refractivity contribution is 0.765. The van der Waals surface area contributed by atoms with E-state index < -0.39 is 0 Å². The molecule has 0 aliphatic heterocycles. The molecule has 78 valence electrons. The Balaban J connectivity index is 2.26. The van der Waals surface area contributed by atoms with E-state index in [2.05, 4.69) is 43.5 Å². The average molecular weight is 266 g/mol. The van der Waals surface area contributed by atoms with Gasteiger partial charge in [0.05, 0.1) is 18.6 Å². The van der Waals surface area contributed by atoms with Crippen molar-refractivity contribution in [1.82, 2.24) is 14.5 Å². The topological polar surface area (TPSA) is 30.7 Å². The molecule has 0 aliphatic carbocycles. The highest BCUT2D eigenvalue weighted by Gasteiger charge is 2.02. The van der Waals surface area contributed by atoms with Gasteiger partial charge in [-0.3, -0.25) is 4.98 Å². The third-order valence-electron chi connectivity index (χ3n) is 2.46. The monoisotopic (exact) mass is 265 g/mol. The van der Waals surface area contributed by atoms with Crippen molar-refractivity contribution < 1.29 is 0 Å². The quantitative estimate of drug-likeness (QED) is 0.836. The van der Waals surface area contributed by atoms with Crippen molar-refractivity contribution in [2.24, 2.45) is 0 Å². The van der Waals surface area contributed by atoms with Gasteiger partial charge in [0.2, 0.25) is 0 Å². The SMILES string of the molecule is Cc1ncn(Cc2cncc(Br)c2)c1C. The number of hydrogen-bond acceptors (Lipinski definition) is 2. The van der Waals surface area contributed by atoms with Gasteiger partial charge in [0.15, 0.2) is 0 Å². The van der Waals surface area contributed by atoms with Crippen LogP contribution in [0.5, 0.6) is 0 Å². The number of aryl methyl sites for hydroxylation is 1. The zero-order chi connectivity index (χ0) is 10.8. The normalized spacial score (nSPS) is 10.6. The fourth-order valence-electron chi connectivity index (χ4n) is 1.44. The van der Waals surface area contributed by atoms with Gasteiger partial charge in [-0.1, -0.05) is 0 Å². The van der Waals surface area contributed by atoms with Gasteiger partial charge in [-0.15, -0.1) is 0 Å². The maximum Gasteiger partial charge on any atom is 0.0954 e. The smallest absolute Gasteiger partial charge is 0.0954 e. The minimum Gasteiger partial charge on any atom is -0.330 e. The Bertz CT molecular complexity index is 476. The molecule has 0 aromatic carbocycles. The van der Waals surface area contributed by atoms with Gasteiger partial charge in [-0.2, -0.15) is 0 Å². The Morgan fingerprint density at radius 1 is 1.33 bits per heavy atom. The van der Waals surface area contributed by atoms with Crippen molar-refractivity contribution >= 4 is 15.9 Å². The van der Waals surface area contributed by atoms with Gasteiger partial charge in [0, 0.05) is 22.6 Å². The summed E-state index contributed by atoms with van der Waals surface area (Å²) in [7, 11) is 0. The molecule has 2 rings (SSSR count). The summed E-state index contributed by atoms with van der Waals surface area (Å²) < 4.78 is 3.13. The maximum atomic E-state index is 4.27. The van der Waals surface area contributed by atoms with Crippen molar-refractivity contribution in [2.75, 3.05) is 0 Å². The Morgan fingerprint density at radius 2 is 2.13 bits per heavy atom. The molecule has 0 spiro atoms. The third-order valence-corrected chi connectivity index (χ3v) is 2.89. The summed E-state index contributed by atoms with van der Waals surface area (Å²) in [5.41, 5.74) is 3.46. The van der Waals surface area contributed by atoms with Gasteiger partial charge in [0.25, 0.3) is 0 Å². The molecule has 3 nitrogen and oxygen atoms in total. The molecule has 0 amide bonds. The van der Waals surface area contributed by atoms with E-state index in [1.165, 1.54) is 11.3 Å². The number of imidazole rings is 1. The molecule has 2 heterocycles. The van der Waals surface area contributed by atoms with Crippen LogP contribution in [0.25, 0.3) is 0 Å². The van der Waals surface area contributed by atoms with Crippen LogP contribution < -0.4 is 0 Å². The van der Waals surface area contributed by atoms with Gasteiger partial charge in [0.1, 0.15) is 0 Å². The van der Waals surface area contributed by atoms with Crippen LogP contribution in [-0.2, 0) is 6.54 Å². The highest BCUT2D eigenvalue weighted by molar-refractivity contribution is 9.10. The molecule has 0 atom stereocenters. The standard InChI is InChI=1S/C11H12BrN3/c1-8-9(2)15(7-14-8)6-10-3-11(12)5-13-4-10/h3-5,7H,6H2,1-2H3. The molecular formula is C11H12BrN3. The molecule has 0 unspecified atom stereocenters. The zero-order valence-corrected chi connectivity index (χ0v) is 10.3. The highest BCUT2D eigenvalue weighted by Crippen LogP contribution is 2.12. The van der Waals surface area contributed by atoms with E-state index in [-0.39, 0.29) is 0 Å². The largest absolute Gasteiger partial charge is 0.330 e. The second-order valence-corrected chi connectivity index (χ2v) is 4.47. The summed E-state index contributed by atoms with van der Waals surface area (Å²) >= 11 is 3.41. The first-order valence-electron chi connectivity index (χ1n) is 4.74.